The van der Waals surface area contributed by atoms with Crippen LogP contribution in [0.3, 0.4) is 0 Å². The highest BCUT2D eigenvalue weighted by Gasteiger charge is 2.25. The largest absolute Gasteiger partial charge is 0.340 e. The lowest BCUT2D eigenvalue weighted by Gasteiger charge is -2.22. The lowest BCUT2D eigenvalue weighted by molar-refractivity contribution is -0.118. The number of nitrogens with one attached hydrogen (secondary N) is 2. The van der Waals surface area contributed by atoms with Gasteiger partial charge in [0.05, 0.1) is 0 Å². The zero-order valence-electron chi connectivity index (χ0n) is 17.8. The Morgan fingerprint density at radius 1 is 0.867 bits per heavy atom. The molecule has 3 rings (SSSR count). The first-order chi connectivity index (χ1) is 14.3. The van der Waals surface area contributed by atoms with Crippen LogP contribution in [0.2, 0.25) is 0 Å². The van der Waals surface area contributed by atoms with Gasteiger partial charge in [0.1, 0.15) is 6.04 Å². The van der Waals surface area contributed by atoms with E-state index in [-0.39, 0.29) is 23.6 Å². The molecule has 2 aromatic rings. The summed E-state index contributed by atoms with van der Waals surface area (Å²) in [5.41, 5.74) is 2.79. The van der Waals surface area contributed by atoms with Crippen LogP contribution in [0.1, 0.15) is 53.0 Å². The van der Waals surface area contributed by atoms with Crippen LogP contribution in [0.4, 0.5) is 5.69 Å². The number of nitrogens with zero attached hydrogens (tertiary/aromatic N) is 1. The van der Waals surface area contributed by atoms with E-state index in [1.807, 2.05) is 37.8 Å². The van der Waals surface area contributed by atoms with Gasteiger partial charge in [0, 0.05) is 29.9 Å². The normalized spacial score (nSPS) is 14.5. The number of carbonyl (C=O) groups is 3. The monoisotopic (exact) mass is 407 g/mol. The zero-order valence-corrected chi connectivity index (χ0v) is 17.8. The maximum Gasteiger partial charge on any atom is 0.253 e. The first kappa shape index (κ1) is 21.6. The van der Waals surface area contributed by atoms with Gasteiger partial charge in [0.25, 0.3) is 11.8 Å². The van der Waals surface area contributed by atoms with E-state index in [9.17, 15) is 14.4 Å². The number of carbonyl (C=O) groups excluding carboxylic acids is 3. The molecule has 0 radical (unpaired) electrons. The Hall–Kier alpha value is -3.15. The molecule has 0 bridgehead atoms. The topological polar surface area (TPSA) is 78.5 Å². The van der Waals surface area contributed by atoms with Crippen molar-refractivity contribution in [1.82, 2.24) is 10.2 Å². The molecule has 0 aromatic heterocycles. The second kappa shape index (κ2) is 9.57. The summed E-state index contributed by atoms with van der Waals surface area (Å²) in [4.78, 5) is 39.6. The standard InChI is InChI=1S/C24H29N3O3/c1-16(2)21(26-22(28)18-8-6-17(3)7-9-18)23(29)25-20-12-10-19(11-13-20)24(30)27-14-4-5-15-27/h6-13,16,21H,4-5,14-15H2,1-3H3,(H,25,29)(H,26,28). The van der Waals surface area contributed by atoms with Crippen molar-refractivity contribution in [3.8, 4) is 0 Å². The molecule has 158 valence electrons. The number of aryl methyl sites for hydroxylation is 1. The molecule has 1 saturated heterocycles. The summed E-state index contributed by atoms with van der Waals surface area (Å²) in [7, 11) is 0. The van der Waals surface area contributed by atoms with Gasteiger partial charge in [-0.2, -0.15) is 0 Å². The minimum atomic E-state index is -0.676. The Labute approximate surface area is 177 Å². The molecule has 6 nitrogen and oxygen atoms in total. The Bertz CT molecular complexity index is 898. The van der Waals surface area contributed by atoms with Gasteiger partial charge in [-0.3, -0.25) is 14.4 Å². The quantitative estimate of drug-likeness (QED) is 0.768. The fourth-order valence-electron chi connectivity index (χ4n) is 3.48. The summed E-state index contributed by atoms with van der Waals surface area (Å²) >= 11 is 0. The maximum atomic E-state index is 12.8. The molecular formula is C24H29N3O3. The molecule has 2 N–H and O–H groups in total. The second-order valence-corrected chi connectivity index (χ2v) is 8.13. The first-order valence-corrected chi connectivity index (χ1v) is 10.4. The van der Waals surface area contributed by atoms with Gasteiger partial charge in [-0.1, -0.05) is 31.5 Å². The summed E-state index contributed by atoms with van der Waals surface area (Å²) in [5, 5.41) is 5.67. The van der Waals surface area contributed by atoms with Crippen molar-refractivity contribution in [2.75, 3.05) is 18.4 Å². The van der Waals surface area contributed by atoms with Crippen molar-refractivity contribution in [3.05, 3.63) is 65.2 Å². The third-order valence-electron chi connectivity index (χ3n) is 5.34. The van der Waals surface area contributed by atoms with Gasteiger partial charge in [0.15, 0.2) is 0 Å². The Balaban J connectivity index is 1.63. The van der Waals surface area contributed by atoms with Gasteiger partial charge < -0.3 is 15.5 Å². The summed E-state index contributed by atoms with van der Waals surface area (Å²) in [6.07, 6.45) is 2.09. The minimum Gasteiger partial charge on any atom is -0.340 e. The highest BCUT2D eigenvalue weighted by Crippen LogP contribution is 2.16. The number of amides is 3. The van der Waals surface area contributed by atoms with Crippen molar-refractivity contribution >= 4 is 23.4 Å². The molecule has 30 heavy (non-hydrogen) atoms. The van der Waals surface area contributed by atoms with E-state index in [0.29, 0.717) is 16.8 Å². The van der Waals surface area contributed by atoms with E-state index in [2.05, 4.69) is 10.6 Å². The van der Waals surface area contributed by atoms with Crippen LogP contribution < -0.4 is 10.6 Å². The number of hydrogen-bond donors (Lipinski definition) is 2. The second-order valence-electron chi connectivity index (χ2n) is 8.13. The van der Waals surface area contributed by atoms with Crippen LogP contribution in [0.15, 0.2) is 48.5 Å². The van der Waals surface area contributed by atoms with Crippen LogP contribution in [0.25, 0.3) is 0 Å². The van der Waals surface area contributed by atoms with Gasteiger partial charge in [-0.05, 0) is 62.1 Å². The van der Waals surface area contributed by atoms with Gasteiger partial charge >= 0.3 is 0 Å². The van der Waals surface area contributed by atoms with Gasteiger partial charge in [-0.25, -0.2) is 0 Å². The highest BCUT2D eigenvalue weighted by molar-refractivity contribution is 6.01. The molecule has 3 amide bonds. The molecule has 0 aliphatic carbocycles. The zero-order chi connectivity index (χ0) is 21.7. The fraction of sp³-hybridized carbons (Fsp3) is 0.375. The molecule has 1 aliphatic rings. The molecule has 1 unspecified atom stereocenters. The van der Waals surface area contributed by atoms with E-state index in [1.54, 1.807) is 36.4 Å². The van der Waals surface area contributed by atoms with Crippen LogP contribution in [-0.4, -0.2) is 41.8 Å². The van der Waals surface area contributed by atoms with Crippen molar-refractivity contribution in [2.45, 2.75) is 39.7 Å². The molecule has 0 spiro atoms. The first-order valence-electron chi connectivity index (χ1n) is 10.4. The molecule has 6 heteroatoms. The minimum absolute atomic E-state index is 0.0239. The number of rotatable bonds is 6. The smallest absolute Gasteiger partial charge is 0.253 e. The van der Waals surface area contributed by atoms with Crippen molar-refractivity contribution in [1.29, 1.82) is 0 Å². The summed E-state index contributed by atoms with van der Waals surface area (Å²) in [6.45, 7) is 7.33. The Morgan fingerprint density at radius 2 is 1.43 bits per heavy atom. The maximum absolute atomic E-state index is 12.8. The molecule has 2 aromatic carbocycles. The average Bonchev–Trinajstić information content (AvgIpc) is 3.27. The van der Waals surface area contributed by atoms with E-state index < -0.39 is 6.04 Å². The van der Waals surface area contributed by atoms with E-state index in [0.717, 1.165) is 31.5 Å². The van der Waals surface area contributed by atoms with E-state index in [4.69, 9.17) is 0 Å². The number of hydrogen-bond acceptors (Lipinski definition) is 3. The summed E-state index contributed by atoms with van der Waals surface area (Å²) < 4.78 is 0. The van der Waals surface area contributed by atoms with E-state index in [1.165, 1.54) is 0 Å². The third-order valence-corrected chi connectivity index (χ3v) is 5.34. The molecule has 1 aliphatic heterocycles. The highest BCUT2D eigenvalue weighted by atomic mass is 16.2. The molecule has 0 saturated carbocycles. The SMILES string of the molecule is Cc1ccc(C(=O)NC(C(=O)Nc2ccc(C(=O)N3CCCC3)cc2)C(C)C)cc1. The predicted molar refractivity (Wildman–Crippen MR) is 117 cm³/mol. The van der Waals surface area contributed by atoms with Crippen molar-refractivity contribution < 1.29 is 14.4 Å². The predicted octanol–water partition coefficient (Wildman–Crippen LogP) is 3.62. The van der Waals surface area contributed by atoms with Gasteiger partial charge in [-0.15, -0.1) is 0 Å². The van der Waals surface area contributed by atoms with Crippen LogP contribution in [-0.2, 0) is 4.79 Å². The third kappa shape index (κ3) is 5.26. The number of likely N-dealkylation sites (tertiary alicyclic amines) is 1. The molecule has 1 fully saturated rings. The van der Waals surface area contributed by atoms with Crippen LogP contribution in [0, 0.1) is 12.8 Å². The fourth-order valence-corrected chi connectivity index (χ4v) is 3.48. The number of anilines is 1. The lowest BCUT2D eigenvalue weighted by atomic mass is 10.0. The average molecular weight is 408 g/mol. The van der Waals surface area contributed by atoms with E-state index >= 15 is 0 Å². The Kier molecular flexibility index (Phi) is 6.87. The Morgan fingerprint density at radius 3 is 2.00 bits per heavy atom. The number of benzene rings is 2. The van der Waals surface area contributed by atoms with Crippen molar-refractivity contribution in [2.24, 2.45) is 5.92 Å². The summed E-state index contributed by atoms with van der Waals surface area (Å²) in [5.74, 6) is -0.634. The molecule has 1 atom stereocenters. The lowest BCUT2D eigenvalue weighted by Crippen LogP contribution is -2.47. The molecule has 1 heterocycles. The summed E-state index contributed by atoms with van der Waals surface area (Å²) in [6, 6.07) is 13.4. The van der Waals surface area contributed by atoms with Gasteiger partial charge in [0.2, 0.25) is 5.91 Å². The van der Waals surface area contributed by atoms with Crippen LogP contribution >= 0.6 is 0 Å². The van der Waals surface area contributed by atoms with Crippen LogP contribution in [0.5, 0.6) is 0 Å². The van der Waals surface area contributed by atoms with Crippen molar-refractivity contribution in [3.63, 3.8) is 0 Å². The molecular weight excluding hydrogens is 378 g/mol.